The van der Waals surface area contributed by atoms with Gasteiger partial charge in [-0.2, -0.15) is 0 Å². The molecule has 2 N–H and O–H groups in total. The summed E-state index contributed by atoms with van der Waals surface area (Å²) >= 11 is 12.0. The number of carbonyl (C=O) groups excluding carboxylic acids is 1. The number of piperazine rings is 1. The number of carbonyl (C=O) groups is 1. The number of nitrogens with zero attached hydrogens (tertiary/aromatic N) is 2. The molecule has 20 heavy (non-hydrogen) atoms. The van der Waals surface area contributed by atoms with Crippen molar-refractivity contribution in [1.29, 1.82) is 0 Å². The highest BCUT2D eigenvalue weighted by atomic mass is 35.5. The van der Waals surface area contributed by atoms with Crippen molar-refractivity contribution in [2.45, 2.75) is 0 Å². The summed E-state index contributed by atoms with van der Waals surface area (Å²) in [6.07, 6.45) is 0. The van der Waals surface area contributed by atoms with Crippen LogP contribution in [0.1, 0.15) is 0 Å². The van der Waals surface area contributed by atoms with E-state index in [1.165, 1.54) is 0 Å². The molecule has 1 aliphatic heterocycles. The van der Waals surface area contributed by atoms with Gasteiger partial charge in [-0.25, -0.2) is 10.4 Å². The molecule has 0 aromatic heterocycles. The molecule has 1 aliphatic rings. The molecular weight excluding hydrogens is 299 g/mol. The molecule has 5 nitrogen and oxygen atoms in total. The van der Waals surface area contributed by atoms with E-state index in [1.54, 1.807) is 18.2 Å². The minimum Gasteiger partial charge on any atom is -0.322 e. The van der Waals surface area contributed by atoms with Crippen LogP contribution in [0.3, 0.4) is 0 Å². The Kier molecular flexibility index (Phi) is 5.63. The van der Waals surface area contributed by atoms with Gasteiger partial charge < -0.3 is 10.2 Å². The molecule has 0 radical (unpaired) electrons. The largest absolute Gasteiger partial charge is 0.322 e. The van der Waals surface area contributed by atoms with Gasteiger partial charge in [0.05, 0.1) is 22.3 Å². The number of para-hydroxylation sites is 1. The zero-order valence-electron chi connectivity index (χ0n) is 11.3. The summed E-state index contributed by atoms with van der Waals surface area (Å²) in [6.45, 7) is 3.98. The molecule has 0 spiro atoms. The SMILES string of the molecule is CN1CCN(NCC(=O)Nc2c(Cl)cccc2Cl)CC1. The van der Waals surface area contributed by atoms with Crippen LogP contribution in [-0.2, 0) is 4.79 Å². The summed E-state index contributed by atoms with van der Waals surface area (Å²) < 4.78 is 0. The molecule has 1 amide bonds. The molecule has 1 aromatic rings. The molecule has 0 atom stereocenters. The number of halogens is 2. The Bertz CT molecular complexity index is 455. The number of nitrogens with one attached hydrogen (secondary N) is 2. The lowest BCUT2D eigenvalue weighted by atomic mass is 10.3. The van der Waals surface area contributed by atoms with Crippen molar-refractivity contribution >= 4 is 34.8 Å². The number of rotatable bonds is 4. The van der Waals surface area contributed by atoms with Crippen LogP contribution in [0.2, 0.25) is 10.0 Å². The molecule has 0 aliphatic carbocycles. The summed E-state index contributed by atoms with van der Waals surface area (Å²) in [5.74, 6) is -0.168. The van der Waals surface area contributed by atoms with Gasteiger partial charge in [-0.1, -0.05) is 29.3 Å². The van der Waals surface area contributed by atoms with Gasteiger partial charge in [0.2, 0.25) is 5.91 Å². The summed E-state index contributed by atoms with van der Waals surface area (Å²) in [5.41, 5.74) is 3.57. The van der Waals surface area contributed by atoms with Gasteiger partial charge in [0.15, 0.2) is 0 Å². The van der Waals surface area contributed by atoms with E-state index in [1.807, 2.05) is 5.01 Å². The Labute approximate surface area is 128 Å². The monoisotopic (exact) mass is 316 g/mol. The van der Waals surface area contributed by atoms with Crippen molar-refractivity contribution in [3.05, 3.63) is 28.2 Å². The first-order valence-electron chi connectivity index (χ1n) is 6.47. The summed E-state index contributed by atoms with van der Waals surface area (Å²) in [4.78, 5) is 14.1. The average molecular weight is 317 g/mol. The van der Waals surface area contributed by atoms with Gasteiger partial charge in [-0.15, -0.1) is 0 Å². The predicted octanol–water partition coefficient (Wildman–Crippen LogP) is 1.68. The quantitative estimate of drug-likeness (QED) is 0.887. The van der Waals surface area contributed by atoms with Gasteiger partial charge in [-0.3, -0.25) is 4.79 Å². The summed E-state index contributed by atoms with van der Waals surface area (Å²) in [6, 6.07) is 5.12. The molecule has 1 fully saturated rings. The minimum absolute atomic E-state index is 0.168. The van der Waals surface area contributed by atoms with Crippen molar-refractivity contribution in [3.8, 4) is 0 Å². The van der Waals surface area contributed by atoms with Crippen LogP contribution in [0.25, 0.3) is 0 Å². The number of benzene rings is 1. The first-order chi connectivity index (χ1) is 9.56. The number of hydrogen-bond acceptors (Lipinski definition) is 4. The summed E-state index contributed by atoms with van der Waals surface area (Å²) in [5, 5.41) is 5.65. The zero-order valence-corrected chi connectivity index (χ0v) is 12.8. The highest BCUT2D eigenvalue weighted by molar-refractivity contribution is 6.39. The Morgan fingerprint density at radius 2 is 1.80 bits per heavy atom. The molecule has 0 saturated carbocycles. The van der Waals surface area contributed by atoms with E-state index in [4.69, 9.17) is 23.2 Å². The van der Waals surface area contributed by atoms with Crippen molar-refractivity contribution in [3.63, 3.8) is 0 Å². The zero-order chi connectivity index (χ0) is 14.5. The van der Waals surface area contributed by atoms with Crippen LogP contribution in [0.5, 0.6) is 0 Å². The van der Waals surface area contributed by atoms with E-state index in [-0.39, 0.29) is 12.5 Å². The van der Waals surface area contributed by atoms with Crippen LogP contribution < -0.4 is 10.7 Å². The maximum atomic E-state index is 11.9. The van der Waals surface area contributed by atoms with Crippen molar-refractivity contribution < 1.29 is 4.79 Å². The molecule has 1 aromatic carbocycles. The lowest BCUT2D eigenvalue weighted by molar-refractivity contribution is -0.116. The van der Waals surface area contributed by atoms with Crippen molar-refractivity contribution in [2.75, 3.05) is 45.1 Å². The number of amides is 1. The Morgan fingerprint density at radius 1 is 1.20 bits per heavy atom. The maximum absolute atomic E-state index is 11.9. The second-order valence-corrected chi connectivity index (χ2v) is 5.58. The lowest BCUT2D eigenvalue weighted by Crippen LogP contribution is -2.52. The topological polar surface area (TPSA) is 47.6 Å². The Balaban J connectivity index is 1.81. The fourth-order valence-electron chi connectivity index (χ4n) is 1.95. The highest BCUT2D eigenvalue weighted by Gasteiger charge is 2.15. The van der Waals surface area contributed by atoms with Crippen LogP contribution in [0.4, 0.5) is 5.69 Å². The third-order valence-corrected chi connectivity index (χ3v) is 3.82. The first-order valence-corrected chi connectivity index (χ1v) is 7.22. The summed E-state index contributed by atoms with van der Waals surface area (Å²) in [7, 11) is 2.09. The van der Waals surface area contributed by atoms with Gasteiger partial charge in [-0.05, 0) is 19.2 Å². The molecule has 2 rings (SSSR count). The van der Waals surface area contributed by atoms with Crippen molar-refractivity contribution in [2.24, 2.45) is 0 Å². The van der Waals surface area contributed by atoms with E-state index >= 15 is 0 Å². The maximum Gasteiger partial charge on any atom is 0.239 e. The van der Waals surface area contributed by atoms with E-state index in [2.05, 4.69) is 22.7 Å². The van der Waals surface area contributed by atoms with Crippen molar-refractivity contribution in [1.82, 2.24) is 15.3 Å². The normalized spacial score (nSPS) is 17.1. The third kappa shape index (κ3) is 4.33. The number of anilines is 1. The molecule has 7 heteroatoms. The number of hydrogen-bond donors (Lipinski definition) is 2. The molecule has 1 saturated heterocycles. The predicted molar refractivity (Wildman–Crippen MR) is 82.2 cm³/mol. The molecule has 110 valence electrons. The van der Waals surface area contributed by atoms with E-state index in [0.717, 1.165) is 26.2 Å². The van der Waals surface area contributed by atoms with Crippen LogP contribution >= 0.6 is 23.2 Å². The molecule has 1 heterocycles. The molecular formula is C13H18Cl2N4O. The number of hydrazine groups is 1. The highest BCUT2D eigenvalue weighted by Crippen LogP contribution is 2.29. The second kappa shape index (κ2) is 7.24. The van der Waals surface area contributed by atoms with Crippen LogP contribution in [-0.4, -0.2) is 55.6 Å². The third-order valence-electron chi connectivity index (χ3n) is 3.19. The second-order valence-electron chi connectivity index (χ2n) is 4.77. The van der Waals surface area contributed by atoms with E-state index in [0.29, 0.717) is 15.7 Å². The van der Waals surface area contributed by atoms with E-state index in [9.17, 15) is 4.79 Å². The first kappa shape index (κ1) is 15.5. The number of likely N-dealkylation sites (N-methyl/N-ethyl adjacent to an activating group) is 1. The van der Waals surface area contributed by atoms with E-state index < -0.39 is 0 Å². The molecule has 0 bridgehead atoms. The van der Waals surface area contributed by atoms with Crippen LogP contribution in [0.15, 0.2) is 18.2 Å². The van der Waals surface area contributed by atoms with Gasteiger partial charge in [0.1, 0.15) is 0 Å². The average Bonchev–Trinajstić information content (AvgIpc) is 2.42. The Morgan fingerprint density at radius 3 is 2.40 bits per heavy atom. The fraction of sp³-hybridized carbons (Fsp3) is 0.462. The minimum atomic E-state index is -0.168. The lowest BCUT2D eigenvalue weighted by Gasteiger charge is -2.32. The fourth-order valence-corrected chi connectivity index (χ4v) is 2.44. The van der Waals surface area contributed by atoms with Gasteiger partial charge in [0, 0.05) is 26.2 Å². The smallest absolute Gasteiger partial charge is 0.239 e. The van der Waals surface area contributed by atoms with Gasteiger partial charge in [0.25, 0.3) is 0 Å². The van der Waals surface area contributed by atoms with Gasteiger partial charge >= 0.3 is 0 Å². The molecule has 0 unspecified atom stereocenters. The Hall–Kier alpha value is -0.850. The standard InChI is InChI=1S/C13H18Cl2N4O/c1-18-5-7-19(8-6-18)16-9-12(20)17-13-10(14)3-2-4-11(13)15/h2-4,16H,5-9H2,1H3,(H,17,20). The van der Waals surface area contributed by atoms with Crippen LogP contribution in [0, 0.1) is 0 Å².